The third-order valence-corrected chi connectivity index (χ3v) is 6.39. The van der Waals surface area contributed by atoms with E-state index in [1.54, 1.807) is 18.2 Å². The van der Waals surface area contributed by atoms with Gasteiger partial charge in [0.1, 0.15) is 11.6 Å². The van der Waals surface area contributed by atoms with Gasteiger partial charge in [-0.2, -0.15) is 4.98 Å². The van der Waals surface area contributed by atoms with Crippen molar-refractivity contribution in [3.05, 3.63) is 41.4 Å². The standard InChI is InChI=1S/C26H35ClN6O/c1-3-12-33(13-4-2)25-22-17-19(21-18-20(27)6-8-24(21)34)5-7-23(22)30-26(31-25)29-11-16-32-14-9-28-10-15-32/h5-8,17-18,28,34H,3-4,9-16H2,1-2H3,(H,29,30,31). The fraction of sp³-hybridized carbons (Fsp3) is 0.462. The zero-order chi connectivity index (χ0) is 23.9. The molecule has 4 rings (SSSR count). The molecule has 1 fully saturated rings. The fourth-order valence-electron chi connectivity index (χ4n) is 4.46. The zero-order valence-corrected chi connectivity index (χ0v) is 20.9. The average molecular weight is 483 g/mol. The van der Waals surface area contributed by atoms with Gasteiger partial charge in [0, 0.05) is 68.3 Å². The van der Waals surface area contributed by atoms with Crippen LogP contribution in [0.2, 0.25) is 5.02 Å². The summed E-state index contributed by atoms with van der Waals surface area (Å²) in [6.07, 6.45) is 2.07. The summed E-state index contributed by atoms with van der Waals surface area (Å²) in [4.78, 5) is 14.6. The van der Waals surface area contributed by atoms with Crippen LogP contribution in [0, 0.1) is 0 Å². The maximum Gasteiger partial charge on any atom is 0.225 e. The fourth-order valence-corrected chi connectivity index (χ4v) is 4.64. The summed E-state index contributed by atoms with van der Waals surface area (Å²) in [5.74, 6) is 1.80. The number of phenols is 1. The Balaban J connectivity index is 1.68. The first-order chi connectivity index (χ1) is 16.6. The van der Waals surface area contributed by atoms with Crippen molar-refractivity contribution >= 4 is 34.3 Å². The van der Waals surface area contributed by atoms with E-state index in [1.165, 1.54) is 0 Å². The number of halogens is 1. The van der Waals surface area contributed by atoms with Crippen molar-refractivity contribution < 1.29 is 5.11 Å². The first-order valence-electron chi connectivity index (χ1n) is 12.3. The van der Waals surface area contributed by atoms with Crippen LogP contribution in [0.1, 0.15) is 26.7 Å². The Bertz CT molecular complexity index is 1100. The van der Waals surface area contributed by atoms with Gasteiger partial charge in [0.15, 0.2) is 0 Å². The van der Waals surface area contributed by atoms with Crippen molar-refractivity contribution in [2.24, 2.45) is 0 Å². The van der Waals surface area contributed by atoms with Gasteiger partial charge in [-0.15, -0.1) is 0 Å². The normalized spacial score (nSPS) is 14.4. The molecule has 8 heteroatoms. The number of nitrogens with one attached hydrogen (secondary N) is 2. The first kappa shape index (κ1) is 24.5. The predicted octanol–water partition coefficient (Wildman–Crippen LogP) is 4.60. The molecule has 1 saturated heterocycles. The van der Waals surface area contributed by atoms with Gasteiger partial charge in [0.05, 0.1) is 5.52 Å². The molecular formula is C26H35ClN6O. The van der Waals surface area contributed by atoms with E-state index in [2.05, 4.69) is 40.3 Å². The van der Waals surface area contributed by atoms with E-state index < -0.39 is 0 Å². The summed E-state index contributed by atoms with van der Waals surface area (Å²) in [6.45, 7) is 12.2. The number of aromatic nitrogens is 2. The molecule has 2 aromatic carbocycles. The molecule has 2 heterocycles. The lowest BCUT2D eigenvalue weighted by Crippen LogP contribution is -2.45. The van der Waals surface area contributed by atoms with E-state index in [4.69, 9.17) is 21.6 Å². The highest BCUT2D eigenvalue weighted by atomic mass is 35.5. The molecule has 0 amide bonds. The molecule has 0 atom stereocenters. The van der Waals surface area contributed by atoms with Crippen LogP contribution in [0.25, 0.3) is 22.0 Å². The predicted molar refractivity (Wildman–Crippen MR) is 142 cm³/mol. The number of aromatic hydroxyl groups is 1. The number of anilines is 2. The van der Waals surface area contributed by atoms with Crippen molar-refractivity contribution in [1.82, 2.24) is 20.2 Å². The molecule has 0 spiro atoms. The Morgan fingerprint density at radius 1 is 1.06 bits per heavy atom. The number of piperazine rings is 1. The van der Waals surface area contributed by atoms with Gasteiger partial charge in [-0.1, -0.05) is 31.5 Å². The van der Waals surface area contributed by atoms with Gasteiger partial charge in [0.25, 0.3) is 0 Å². The van der Waals surface area contributed by atoms with Crippen molar-refractivity contribution in [2.45, 2.75) is 26.7 Å². The van der Waals surface area contributed by atoms with Gasteiger partial charge < -0.3 is 20.6 Å². The average Bonchev–Trinajstić information content (AvgIpc) is 2.85. The van der Waals surface area contributed by atoms with Crippen LogP contribution >= 0.6 is 11.6 Å². The monoisotopic (exact) mass is 482 g/mol. The van der Waals surface area contributed by atoms with Gasteiger partial charge in [-0.05, 0) is 48.7 Å². The van der Waals surface area contributed by atoms with Gasteiger partial charge >= 0.3 is 0 Å². The maximum atomic E-state index is 10.4. The Kier molecular flexibility index (Phi) is 8.43. The minimum Gasteiger partial charge on any atom is -0.507 e. The van der Waals surface area contributed by atoms with Crippen LogP contribution in [-0.4, -0.2) is 72.3 Å². The molecule has 1 aliphatic heterocycles. The van der Waals surface area contributed by atoms with E-state index in [-0.39, 0.29) is 5.75 Å². The smallest absolute Gasteiger partial charge is 0.225 e. The van der Waals surface area contributed by atoms with Gasteiger partial charge in [-0.3, -0.25) is 4.90 Å². The summed E-state index contributed by atoms with van der Waals surface area (Å²) in [5.41, 5.74) is 2.48. The summed E-state index contributed by atoms with van der Waals surface area (Å²) >= 11 is 6.22. The zero-order valence-electron chi connectivity index (χ0n) is 20.1. The van der Waals surface area contributed by atoms with Gasteiger partial charge in [-0.25, -0.2) is 4.98 Å². The Labute approximate surface area is 207 Å². The molecule has 1 aliphatic rings. The quantitative estimate of drug-likeness (QED) is 0.390. The van der Waals surface area contributed by atoms with Crippen LogP contribution in [-0.2, 0) is 0 Å². The minimum atomic E-state index is 0.205. The summed E-state index contributed by atoms with van der Waals surface area (Å²) in [6, 6.07) is 11.2. The number of hydrogen-bond donors (Lipinski definition) is 3. The first-order valence-corrected chi connectivity index (χ1v) is 12.7. The molecule has 34 heavy (non-hydrogen) atoms. The van der Waals surface area contributed by atoms with Crippen LogP contribution in [0.5, 0.6) is 5.75 Å². The van der Waals surface area contributed by atoms with E-state index in [1.807, 2.05) is 12.1 Å². The van der Waals surface area contributed by atoms with Crippen LogP contribution in [0.15, 0.2) is 36.4 Å². The number of phenolic OH excluding ortho intramolecular Hbond substituents is 1. The second-order valence-corrected chi connectivity index (χ2v) is 9.21. The molecule has 0 aliphatic carbocycles. The lowest BCUT2D eigenvalue weighted by molar-refractivity contribution is 0.249. The lowest BCUT2D eigenvalue weighted by Gasteiger charge is -2.27. The SMILES string of the molecule is CCCN(CCC)c1nc(NCCN2CCNCC2)nc2ccc(-c3cc(Cl)ccc3O)cc12. The molecule has 7 nitrogen and oxygen atoms in total. The van der Waals surface area contributed by atoms with Crippen molar-refractivity contribution in [2.75, 3.05) is 62.6 Å². The number of benzene rings is 2. The second kappa shape index (κ2) is 11.7. The molecule has 1 aromatic heterocycles. The largest absolute Gasteiger partial charge is 0.507 e. The molecule has 3 N–H and O–H groups in total. The molecule has 0 saturated carbocycles. The summed E-state index contributed by atoms with van der Waals surface area (Å²) in [5, 5.41) is 18.9. The van der Waals surface area contributed by atoms with Crippen LogP contribution in [0.4, 0.5) is 11.8 Å². The Morgan fingerprint density at radius 2 is 1.82 bits per heavy atom. The Hall–Kier alpha value is -2.61. The van der Waals surface area contributed by atoms with E-state index in [0.717, 1.165) is 87.5 Å². The molecule has 0 bridgehead atoms. The maximum absolute atomic E-state index is 10.4. The van der Waals surface area contributed by atoms with Gasteiger partial charge in [0.2, 0.25) is 5.95 Å². The van der Waals surface area contributed by atoms with E-state index in [0.29, 0.717) is 16.5 Å². The Morgan fingerprint density at radius 3 is 2.56 bits per heavy atom. The molecule has 0 unspecified atom stereocenters. The third-order valence-electron chi connectivity index (χ3n) is 6.15. The highest BCUT2D eigenvalue weighted by molar-refractivity contribution is 6.31. The number of hydrogen-bond acceptors (Lipinski definition) is 7. The van der Waals surface area contributed by atoms with E-state index >= 15 is 0 Å². The van der Waals surface area contributed by atoms with Crippen molar-refractivity contribution in [3.63, 3.8) is 0 Å². The number of rotatable bonds is 10. The number of fused-ring (bicyclic) bond motifs is 1. The topological polar surface area (TPSA) is 76.6 Å². The summed E-state index contributed by atoms with van der Waals surface area (Å²) in [7, 11) is 0. The van der Waals surface area contributed by atoms with E-state index in [9.17, 15) is 5.11 Å². The third kappa shape index (κ3) is 5.90. The second-order valence-electron chi connectivity index (χ2n) is 8.77. The highest BCUT2D eigenvalue weighted by Gasteiger charge is 2.16. The van der Waals surface area contributed by atoms with Crippen LogP contribution < -0.4 is 15.5 Å². The molecule has 0 radical (unpaired) electrons. The molecule has 3 aromatic rings. The van der Waals surface area contributed by atoms with Crippen LogP contribution in [0.3, 0.4) is 0 Å². The summed E-state index contributed by atoms with van der Waals surface area (Å²) < 4.78 is 0. The minimum absolute atomic E-state index is 0.205. The van der Waals surface area contributed by atoms with Crippen molar-refractivity contribution in [1.29, 1.82) is 0 Å². The number of nitrogens with zero attached hydrogens (tertiary/aromatic N) is 4. The molecule has 182 valence electrons. The van der Waals surface area contributed by atoms with Crippen molar-refractivity contribution in [3.8, 4) is 16.9 Å². The molecular weight excluding hydrogens is 448 g/mol. The lowest BCUT2D eigenvalue weighted by atomic mass is 10.0. The highest BCUT2D eigenvalue weighted by Crippen LogP contribution is 2.35.